The van der Waals surface area contributed by atoms with Gasteiger partial charge in [0, 0.05) is 29.6 Å². The smallest absolute Gasteiger partial charge is 0.123 e. The summed E-state index contributed by atoms with van der Waals surface area (Å²) in [5, 5.41) is 0. The summed E-state index contributed by atoms with van der Waals surface area (Å²) < 4.78 is 13.5. The molecule has 3 unspecified atom stereocenters. The fraction of sp³-hybridized carbons (Fsp3) is 0.320. The zero-order valence-electron chi connectivity index (χ0n) is 15.9. The summed E-state index contributed by atoms with van der Waals surface area (Å²) in [6.45, 7) is 0. The van der Waals surface area contributed by atoms with E-state index in [0.717, 1.165) is 28.7 Å². The standard InChI is InChI=1S/C25H25FN2/c26-20-6-3-5-17(14-20)19-8-9-21(28-16-19)10-11-23-22-7-2-1-4-18(22)15-25-24(23)12-13-27-25/h3,5-6,8-14,16,18,22-23,27H,1-2,4,7,15H2/b11-10+. The number of nitrogens with one attached hydrogen (secondary N) is 1. The van der Waals surface area contributed by atoms with Gasteiger partial charge in [0.2, 0.25) is 0 Å². The Labute approximate surface area is 165 Å². The molecule has 142 valence electrons. The first-order valence-electron chi connectivity index (χ1n) is 10.3. The van der Waals surface area contributed by atoms with Gasteiger partial charge >= 0.3 is 0 Å². The van der Waals surface area contributed by atoms with Gasteiger partial charge in [0.05, 0.1) is 5.69 Å². The van der Waals surface area contributed by atoms with Crippen LogP contribution in [0.15, 0.2) is 60.9 Å². The molecule has 0 spiro atoms. The van der Waals surface area contributed by atoms with E-state index < -0.39 is 0 Å². The molecule has 2 aliphatic carbocycles. The number of aromatic amines is 1. The lowest BCUT2D eigenvalue weighted by Gasteiger charge is -2.40. The minimum absolute atomic E-state index is 0.219. The van der Waals surface area contributed by atoms with E-state index in [-0.39, 0.29) is 5.82 Å². The molecule has 1 N–H and O–H groups in total. The van der Waals surface area contributed by atoms with E-state index in [2.05, 4.69) is 34.4 Å². The van der Waals surface area contributed by atoms with Crippen LogP contribution >= 0.6 is 0 Å². The van der Waals surface area contributed by atoms with Gasteiger partial charge in [0.25, 0.3) is 0 Å². The van der Waals surface area contributed by atoms with E-state index in [9.17, 15) is 4.39 Å². The second-order valence-electron chi connectivity index (χ2n) is 8.19. The number of aromatic nitrogens is 2. The first-order valence-corrected chi connectivity index (χ1v) is 10.3. The van der Waals surface area contributed by atoms with Gasteiger partial charge in [-0.2, -0.15) is 0 Å². The first kappa shape index (κ1) is 17.4. The molecule has 0 saturated heterocycles. The van der Waals surface area contributed by atoms with Crippen molar-refractivity contribution < 1.29 is 4.39 Å². The van der Waals surface area contributed by atoms with Crippen LogP contribution in [-0.2, 0) is 6.42 Å². The molecule has 0 bridgehead atoms. The number of nitrogens with zero attached hydrogens (tertiary/aromatic N) is 1. The summed E-state index contributed by atoms with van der Waals surface area (Å²) in [5.41, 5.74) is 5.64. The SMILES string of the molecule is Fc1cccc(-c2ccc(/C=C/C3c4cc[nH]c4CC4CCCCC43)nc2)c1. The number of benzene rings is 1. The predicted octanol–water partition coefficient (Wildman–Crippen LogP) is 6.38. The van der Waals surface area contributed by atoms with E-state index in [1.165, 1.54) is 49.4 Å². The fourth-order valence-electron chi connectivity index (χ4n) is 5.15. The number of halogens is 1. The van der Waals surface area contributed by atoms with Crippen LogP contribution in [0.4, 0.5) is 4.39 Å². The zero-order valence-corrected chi connectivity index (χ0v) is 15.9. The summed E-state index contributed by atoms with van der Waals surface area (Å²) in [6, 6.07) is 13.0. The Balaban J connectivity index is 1.39. The van der Waals surface area contributed by atoms with Crippen molar-refractivity contribution in [3.63, 3.8) is 0 Å². The average molecular weight is 372 g/mol. The highest BCUT2D eigenvalue weighted by Gasteiger charge is 2.37. The zero-order chi connectivity index (χ0) is 18.9. The van der Waals surface area contributed by atoms with Crippen molar-refractivity contribution in [3.8, 4) is 11.1 Å². The number of hydrogen-bond donors (Lipinski definition) is 1. The molecular formula is C25H25FN2. The highest BCUT2D eigenvalue weighted by Crippen LogP contribution is 2.47. The second-order valence-corrected chi connectivity index (χ2v) is 8.19. The minimum atomic E-state index is -0.219. The number of pyridine rings is 1. The van der Waals surface area contributed by atoms with Gasteiger partial charge in [-0.3, -0.25) is 4.98 Å². The molecule has 0 radical (unpaired) electrons. The molecule has 0 aliphatic heterocycles. The molecule has 3 heteroatoms. The van der Waals surface area contributed by atoms with Gasteiger partial charge in [0.15, 0.2) is 0 Å². The quantitative estimate of drug-likeness (QED) is 0.568. The maximum atomic E-state index is 13.5. The van der Waals surface area contributed by atoms with Crippen molar-refractivity contribution in [1.29, 1.82) is 0 Å². The Bertz CT molecular complexity index is 986. The summed E-state index contributed by atoms with van der Waals surface area (Å²) >= 11 is 0. The molecule has 2 heterocycles. The molecule has 1 aromatic carbocycles. The van der Waals surface area contributed by atoms with E-state index >= 15 is 0 Å². The van der Waals surface area contributed by atoms with Gasteiger partial charge < -0.3 is 4.98 Å². The van der Waals surface area contributed by atoms with E-state index in [1.54, 1.807) is 12.1 Å². The lowest BCUT2D eigenvalue weighted by atomic mass is 9.65. The molecule has 1 saturated carbocycles. The maximum Gasteiger partial charge on any atom is 0.123 e. The van der Waals surface area contributed by atoms with Crippen molar-refractivity contribution in [2.45, 2.75) is 38.0 Å². The van der Waals surface area contributed by atoms with Crippen LogP contribution in [0.25, 0.3) is 17.2 Å². The lowest BCUT2D eigenvalue weighted by molar-refractivity contribution is 0.201. The number of allylic oxidation sites excluding steroid dienone is 1. The first-order chi connectivity index (χ1) is 13.8. The van der Waals surface area contributed by atoms with Gasteiger partial charge in [-0.1, -0.05) is 37.1 Å². The summed E-state index contributed by atoms with van der Waals surface area (Å²) in [6.07, 6.45) is 15.1. The molecule has 2 aliphatic rings. The number of hydrogen-bond acceptors (Lipinski definition) is 1. The second kappa shape index (κ2) is 7.38. The molecule has 28 heavy (non-hydrogen) atoms. The normalized spacial score (nSPS) is 24.1. The van der Waals surface area contributed by atoms with Crippen molar-refractivity contribution in [1.82, 2.24) is 9.97 Å². The number of H-pyrrole nitrogens is 1. The van der Waals surface area contributed by atoms with Gasteiger partial charge in [-0.15, -0.1) is 0 Å². The highest BCUT2D eigenvalue weighted by molar-refractivity contribution is 5.63. The van der Waals surface area contributed by atoms with E-state index in [4.69, 9.17) is 0 Å². The average Bonchev–Trinajstić information content (AvgIpc) is 3.20. The Morgan fingerprint density at radius 3 is 2.82 bits per heavy atom. The number of rotatable bonds is 3. The summed E-state index contributed by atoms with van der Waals surface area (Å²) in [7, 11) is 0. The third-order valence-electron chi connectivity index (χ3n) is 6.54. The van der Waals surface area contributed by atoms with Crippen molar-refractivity contribution >= 4 is 6.08 Å². The molecule has 3 atom stereocenters. The van der Waals surface area contributed by atoms with E-state index in [1.807, 2.05) is 24.4 Å². The predicted molar refractivity (Wildman–Crippen MR) is 111 cm³/mol. The molecular weight excluding hydrogens is 347 g/mol. The van der Waals surface area contributed by atoms with Crippen molar-refractivity contribution in [2.24, 2.45) is 11.8 Å². The molecule has 2 nitrogen and oxygen atoms in total. The minimum Gasteiger partial charge on any atom is -0.365 e. The van der Waals surface area contributed by atoms with Crippen LogP contribution in [0.5, 0.6) is 0 Å². The van der Waals surface area contributed by atoms with E-state index in [0.29, 0.717) is 5.92 Å². The van der Waals surface area contributed by atoms with Crippen LogP contribution in [0.3, 0.4) is 0 Å². The fourth-order valence-corrected chi connectivity index (χ4v) is 5.15. The van der Waals surface area contributed by atoms with Gasteiger partial charge in [-0.25, -0.2) is 4.39 Å². The highest BCUT2D eigenvalue weighted by atomic mass is 19.1. The van der Waals surface area contributed by atoms with Gasteiger partial charge in [0.1, 0.15) is 5.82 Å². The number of fused-ring (bicyclic) bond motifs is 2. The van der Waals surface area contributed by atoms with Crippen LogP contribution < -0.4 is 0 Å². The van der Waals surface area contributed by atoms with Crippen molar-refractivity contribution in [3.05, 3.63) is 83.7 Å². The molecule has 3 aromatic rings. The third-order valence-corrected chi connectivity index (χ3v) is 6.54. The van der Waals surface area contributed by atoms with Crippen LogP contribution in [0, 0.1) is 17.7 Å². The lowest BCUT2D eigenvalue weighted by Crippen LogP contribution is -2.31. The topological polar surface area (TPSA) is 28.7 Å². The summed E-state index contributed by atoms with van der Waals surface area (Å²) in [5.74, 6) is 1.81. The van der Waals surface area contributed by atoms with Crippen molar-refractivity contribution in [2.75, 3.05) is 0 Å². The summed E-state index contributed by atoms with van der Waals surface area (Å²) in [4.78, 5) is 8.07. The molecule has 0 amide bonds. The van der Waals surface area contributed by atoms with Crippen LogP contribution in [0.1, 0.15) is 48.6 Å². The Morgan fingerprint density at radius 1 is 1.04 bits per heavy atom. The largest absolute Gasteiger partial charge is 0.365 e. The monoisotopic (exact) mass is 372 g/mol. The molecule has 1 fully saturated rings. The Kier molecular flexibility index (Phi) is 4.59. The molecule has 2 aromatic heterocycles. The van der Waals surface area contributed by atoms with Crippen LogP contribution in [0.2, 0.25) is 0 Å². The van der Waals surface area contributed by atoms with Crippen LogP contribution in [-0.4, -0.2) is 9.97 Å². The third kappa shape index (κ3) is 3.30. The maximum absolute atomic E-state index is 13.5. The Morgan fingerprint density at radius 2 is 1.96 bits per heavy atom. The molecule has 5 rings (SSSR count). The Hall–Kier alpha value is -2.68. The van der Waals surface area contributed by atoms with Gasteiger partial charge in [-0.05, 0) is 72.6 Å².